The van der Waals surface area contributed by atoms with Gasteiger partial charge < -0.3 is 10.6 Å². The summed E-state index contributed by atoms with van der Waals surface area (Å²) in [6.45, 7) is 5.45. The lowest BCUT2D eigenvalue weighted by Crippen LogP contribution is -2.43. The fourth-order valence-corrected chi connectivity index (χ4v) is 1.63. The molecule has 0 fully saturated rings. The Bertz CT molecular complexity index is 149. The maximum absolute atomic E-state index is 11.6. The van der Waals surface area contributed by atoms with Crippen LogP contribution in [0.4, 0.5) is 0 Å². The standard InChI is InChI=1S/C9H20N2OS/c1-4-11(5-2)9(12)8(10)6-7-13-3/h8H,4-7,10H2,1-3H3/t8-/m0/s1. The zero-order valence-electron chi connectivity index (χ0n) is 8.75. The highest BCUT2D eigenvalue weighted by atomic mass is 32.2. The monoisotopic (exact) mass is 204 g/mol. The van der Waals surface area contributed by atoms with Crippen molar-refractivity contribution in [2.45, 2.75) is 26.3 Å². The molecule has 0 aliphatic carbocycles. The van der Waals surface area contributed by atoms with E-state index in [1.165, 1.54) is 0 Å². The van der Waals surface area contributed by atoms with Crippen LogP contribution in [0.3, 0.4) is 0 Å². The third-order valence-corrected chi connectivity index (χ3v) is 2.67. The van der Waals surface area contributed by atoms with Crippen LogP contribution in [-0.4, -0.2) is 41.9 Å². The number of hydrogen-bond donors (Lipinski definition) is 1. The Labute approximate surface area is 85.0 Å². The van der Waals surface area contributed by atoms with Crippen molar-refractivity contribution in [1.82, 2.24) is 4.90 Å². The zero-order chi connectivity index (χ0) is 10.3. The fraction of sp³-hybridized carbons (Fsp3) is 0.889. The highest BCUT2D eigenvalue weighted by molar-refractivity contribution is 7.98. The average molecular weight is 204 g/mol. The van der Waals surface area contributed by atoms with Crippen molar-refractivity contribution in [3.8, 4) is 0 Å². The SMILES string of the molecule is CCN(CC)C(=O)[C@@H](N)CCSC. The van der Waals surface area contributed by atoms with Crippen molar-refractivity contribution < 1.29 is 4.79 Å². The summed E-state index contributed by atoms with van der Waals surface area (Å²) in [5, 5.41) is 0. The summed E-state index contributed by atoms with van der Waals surface area (Å²) in [6, 6.07) is -0.313. The Morgan fingerprint density at radius 2 is 2.00 bits per heavy atom. The van der Waals surface area contributed by atoms with E-state index in [1.54, 1.807) is 16.7 Å². The molecule has 3 nitrogen and oxygen atoms in total. The van der Waals surface area contributed by atoms with Crippen LogP contribution in [0.1, 0.15) is 20.3 Å². The maximum Gasteiger partial charge on any atom is 0.239 e. The predicted molar refractivity (Wildman–Crippen MR) is 58.9 cm³/mol. The summed E-state index contributed by atoms with van der Waals surface area (Å²) in [7, 11) is 0. The normalized spacial score (nSPS) is 12.6. The van der Waals surface area contributed by atoms with E-state index in [9.17, 15) is 4.79 Å². The molecule has 2 N–H and O–H groups in total. The van der Waals surface area contributed by atoms with Crippen molar-refractivity contribution >= 4 is 17.7 Å². The van der Waals surface area contributed by atoms with Gasteiger partial charge in [-0.05, 0) is 32.3 Å². The highest BCUT2D eigenvalue weighted by Crippen LogP contribution is 2.02. The summed E-state index contributed by atoms with van der Waals surface area (Å²) in [6.07, 6.45) is 2.80. The van der Waals surface area contributed by atoms with Gasteiger partial charge in [0.2, 0.25) is 5.91 Å². The number of likely N-dealkylation sites (N-methyl/N-ethyl adjacent to an activating group) is 1. The van der Waals surface area contributed by atoms with Gasteiger partial charge in [-0.15, -0.1) is 0 Å². The van der Waals surface area contributed by atoms with Crippen LogP contribution in [0.2, 0.25) is 0 Å². The van der Waals surface area contributed by atoms with Crippen molar-refractivity contribution in [2.75, 3.05) is 25.1 Å². The van der Waals surface area contributed by atoms with E-state index in [-0.39, 0.29) is 11.9 Å². The number of nitrogens with zero attached hydrogens (tertiary/aromatic N) is 1. The number of hydrogen-bond acceptors (Lipinski definition) is 3. The van der Waals surface area contributed by atoms with Gasteiger partial charge in [0.1, 0.15) is 0 Å². The number of amides is 1. The quantitative estimate of drug-likeness (QED) is 0.700. The molecule has 0 unspecified atom stereocenters. The first-order valence-electron chi connectivity index (χ1n) is 4.70. The van der Waals surface area contributed by atoms with E-state index in [4.69, 9.17) is 5.73 Å². The predicted octanol–water partition coefficient (Wildman–Crippen LogP) is 0.935. The van der Waals surface area contributed by atoms with Crippen LogP contribution in [0.25, 0.3) is 0 Å². The van der Waals surface area contributed by atoms with Gasteiger partial charge in [0.15, 0.2) is 0 Å². The Balaban J connectivity index is 3.92. The van der Waals surface area contributed by atoms with Gasteiger partial charge in [-0.3, -0.25) is 4.79 Å². The molecular weight excluding hydrogens is 184 g/mol. The molecule has 13 heavy (non-hydrogen) atoms. The second kappa shape index (κ2) is 7.21. The summed E-state index contributed by atoms with van der Waals surface area (Å²) in [5.41, 5.74) is 5.75. The summed E-state index contributed by atoms with van der Waals surface area (Å²) in [4.78, 5) is 13.4. The Hall–Kier alpha value is -0.220. The molecule has 0 aliphatic rings. The molecule has 0 aliphatic heterocycles. The fourth-order valence-electron chi connectivity index (χ4n) is 1.14. The van der Waals surface area contributed by atoms with Crippen molar-refractivity contribution in [3.63, 3.8) is 0 Å². The third-order valence-electron chi connectivity index (χ3n) is 2.03. The van der Waals surface area contributed by atoms with E-state index in [1.807, 2.05) is 20.1 Å². The smallest absolute Gasteiger partial charge is 0.239 e. The molecular formula is C9H20N2OS. The lowest BCUT2D eigenvalue weighted by atomic mass is 10.2. The molecule has 1 amide bonds. The molecule has 0 aromatic rings. The number of carbonyl (C=O) groups is 1. The van der Waals surface area contributed by atoms with Gasteiger partial charge in [-0.1, -0.05) is 0 Å². The average Bonchev–Trinajstić information content (AvgIpc) is 2.15. The van der Waals surface area contributed by atoms with Gasteiger partial charge >= 0.3 is 0 Å². The Morgan fingerprint density at radius 3 is 2.38 bits per heavy atom. The van der Waals surface area contributed by atoms with Gasteiger partial charge in [0.25, 0.3) is 0 Å². The molecule has 0 heterocycles. The first kappa shape index (κ1) is 12.8. The van der Waals surface area contributed by atoms with Crippen LogP contribution in [0.15, 0.2) is 0 Å². The number of carbonyl (C=O) groups excluding carboxylic acids is 1. The Kier molecular flexibility index (Phi) is 7.09. The molecule has 0 radical (unpaired) electrons. The zero-order valence-corrected chi connectivity index (χ0v) is 9.56. The van der Waals surface area contributed by atoms with Gasteiger partial charge in [0.05, 0.1) is 6.04 Å². The molecule has 0 aromatic carbocycles. The highest BCUT2D eigenvalue weighted by Gasteiger charge is 2.17. The summed E-state index contributed by atoms with van der Waals surface area (Å²) < 4.78 is 0. The molecule has 0 rings (SSSR count). The largest absolute Gasteiger partial charge is 0.342 e. The second-order valence-electron chi connectivity index (χ2n) is 2.90. The van der Waals surface area contributed by atoms with Gasteiger partial charge in [-0.2, -0.15) is 11.8 Å². The van der Waals surface area contributed by atoms with Crippen LogP contribution in [0.5, 0.6) is 0 Å². The lowest BCUT2D eigenvalue weighted by molar-refractivity contribution is -0.132. The van der Waals surface area contributed by atoms with Crippen molar-refractivity contribution in [1.29, 1.82) is 0 Å². The third kappa shape index (κ3) is 4.52. The molecule has 0 saturated carbocycles. The molecule has 0 bridgehead atoms. The van der Waals surface area contributed by atoms with Crippen molar-refractivity contribution in [2.24, 2.45) is 5.73 Å². The first-order chi connectivity index (χ1) is 6.17. The summed E-state index contributed by atoms with van der Waals surface area (Å²) >= 11 is 1.72. The molecule has 0 spiro atoms. The van der Waals surface area contributed by atoms with Crippen molar-refractivity contribution in [3.05, 3.63) is 0 Å². The van der Waals surface area contributed by atoms with E-state index in [0.29, 0.717) is 0 Å². The van der Waals surface area contributed by atoms with E-state index < -0.39 is 0 Å². The number of thioether (sulfide) groups is 1. The number of nitrogens with two attached hydrogens (primary N) is 1. The molecule has 1 atom stereocenters. The molecule has 4 heteroatoms. The maximum atomic E-state index is 11.6. The van der Waals surface area contributed by atoms with E-state index >= 15 is 0 Å². The minimum Gasteiger partial charge on any atom is -0.342 e. The van der Waals surface area contributed by atoms with Crippen LogP contribution in [-0.2, 0) is 4.79 Å². The minimum absolute atomic E-state index is 0.0825. The first-order valence-corrected chi connectivity index (χ1v) is 6.10. The summed E-state index contributed by atoms with van der Waals surface area (Å²) in [5.74, 6) is 1.04. The van der Waals surface area contributed by atoms with Gasteiger partial charge in [-0.25, -0.2) is 0 Å². The molecule has 0 saturated heterocycles. The van der Waals surface area contributed by atoms with Crippen LogP contribution < -0.4 is 5.73 Å². The van der Waals surface area contributed by atoms with E-state index in [0.717, 1.165) is 25.3 Å². The molecule has 0 aromatic heterocycles. The lowest BCUT2D eigenvalue weighted by Gasteiger charge is -2.22. The topological polar surface area (TPSA) is 46.3 Å². The molecule has 78 valence electrons. The van der Waals surface area contributed by atoms with Crippen LogP contribution >= 0.6 is 11.8 Å². The van der Waals surface area contributed by atoms with Gasteiger partial charge in [0, 0.05) is 13.1 Å². The Morgan fingerprint density at radius 1 is 1.46 bits per heavy atom. The minimum atomic E-state index is -0.313. The van der Waals surface area contributed by atoms with E-state index in [2.05, 4.69) is 0 Å². The van der Waals surface area contributed by atoms with Crippen LogP contribution in [0, 0.1) is 0 Å². The number of rotatable bonds is 6. The second-order valence-corrected chi connectivity index (χ2v) is 3.88.